The Morgan fingerprint density at radius 1 is 1.09 bits per heavy atom. The van der Waals surface area contributed by atoms with Crippen molar-refractivity contribution in [2.24, 2.45) is 0 Å². The van der Waals surface area contributed by atoms with Crippen LogP contribution in [0.4, 0.5) is 14.6 Å². The second kappa shape index (κ2) is 6.45. The van der Waals surface area contributed by atoms with E-state index in [2.05, 4.69) is 9.97 Å². The van der Waals surface area contributed by atoms with Crippen molar-refractivity contribution in [1.82, 2.24) is 14.9 Å². The molecule has 0 atom stereocenters. The zero-order valence-corrected chi connectivity index (χ0v) is 12.8. The highest BCUT2D eigenvalue weighted by molar-refractivity contribution is 6.30. The van der Waals surface area contributed by atoms with Crippen LogP contribution in [0.5, 0.6) is 0 Å². The number of piperazine rings is 1. The first-order valence-electron chi connectivity index (χ1n) is 7.01. The minimum absolute atomic E-state index is 0.176. The molecule has 0 N–H and O–H groups in total. The van der Waals surface area contributed by atoms with Gasteiger partial charge < -0.3 is 9.80 Å². The lowest BCUT2D eigenvalue weighted by molar-refractivity contribution is 0.0746. The number of rotatable bonds is 2. The van der Waals surface area contributed by atoms with Crippen molar-refractivity contribution in [3.05, 3.63) is 52.9 Å². The van der Waals surface area contributed by atoms with Crippen molar-refractivity contribution < 1.29 is 13.6 Å². The highest BCUT2D eigenvalue weighted by Gasteiger charge is 2.23. The molecule has 1 aliphatic heterocycles. The van der Waals surface area contributed by atoms with E-state index in [9.17, 15) is 13.6 Å². The molecule has 0 unspecified atom stereocenters. The number of hydrogen-bond acceptors (Lipinski definition) is 4. The Labute approximate surface area is 136 Å². The molecule has 23 heavy (non-hydrogen) atoms. The molecule has 0 bridgehead atoms. The lowest BCUT2D eigenvalue weighted by Gasteiger charge is -2.35. The van der Waals surface area contributed by atoms with Crippen molar-refractivity contribution in [2.45, 2.75) is 0 Å². The Morgan fingerprint density at radius 3 is 2.43 bits per heavy atom. The monoisotopic (exact) mass is 338 g/mol. The number of aromatic nitrogens is 2. The van der Waals surface area contributed by atoms with Gasteiger partial charge in [-0.1, -0.05) is 11.6 Å². The summed E-state index contributed by atoms with van der Waals surface area (Å²) >= 11 is 5.66. The van der Waals surface area contributed by atoms with Crippen molar-refractivity contribution >= 4 is 23.3 Å². The Bertz CT molecular complexity index is 718. The van der Waals surface area contributed by atoms with Gasteiger partial charge in [0.1, 0.15) is 11.6 Å². The quantitative estimate of drug-likeness (QED) is 0.789. The third-order valence-corrected chi connectivity index (χ3v) is 3.91. The average molecular weight is 339 g/mol. The van der Waals surface area contributed by atoms with Crippen molar-refractivity contribution in [2.75, 3.05) is 31.1 Å². The molecule has 3 heterocycles. The maximum absolute atomic E-state index is 13.1. The van der Waals surface area contributed by atoms with E-state index in [1.165, 1.54) is 24.5 Å². The van der Waals surface area contributed by atoms with Crippen LogP contribution in [-0.4, -0.2) is 47.0 Å². The summed E-state index contributed by atoms with van der Waals surface area (Å²) in [5.74, 6) is -0.755. The lowest BCUT2D eigenvalue weighted by Crippen LogP contribution is -2.49. The van der Waals surface area contributed by atoms with Gasteiger partial charge in [-0.05, 0) is 18.2 Å². The summed E-state index contributed by atoms with van der Waals surface area (Å²) in [5, 5.41) is -0.176. The van der Waals surface area contributed by atoms with E-state index in [0.717, 1.165) is 0 Å². The fraction of sp³-hybridized carbons (Fsp3) is 0.267. The normalized spacial score (nSPS) is 14.9. The van der Waals surface area contributed by atoms with Crippen LogP contribution >= 0.6 is 11.6 Å². The second-order valence-corrected chi connectivity index (χ2v) is 5.52. The van der Waals surface area contributed by atoms with Gasteiger partial charge in [-0.25, -0.2) is 14.4 Å². The maximum atomic E-state index is 13.1. The molecule has 1 aliphatic rings. The van der Waals surface area contributed by atoms with Gasteiger partial charge in [0.15, 0.2) is 0 Å². The molecule has 1 fully saturated rings. The number of pyridine rings is 2. The predicted molar refractivity (Wildman–Crippen MR) is 81.5 cm³/mol. The predicted octanol–water partition coefficient (Wildman–Crippen LogP) is 2.37. The van der Waals surface area contributed by atoms with Crippen LogP contribution in [0.2, 0.25) is 5.02 Å². The summed E-state index contributed by atoms with van der Waals surface area (Å²) in [6, 6.07) is 4.24. The first-order chi connectivity index (χ1) is 11.0. The molecule has 8 heteroatoms. The Hall–Kier alpha value is -2.28. The van der Waals surface area contributed by atoms with Crippen molar-refractivity contribution in [3.8, 4) is 0 Å². The highest BCUT2D eigenvalue weighted by Crippen LogP contribution is 2.18. The van der Waals surface area contributed by atoms with E-state index in [4.69, 9.17) is 11.6 Å². The van der Waals surface area contributed by atoms with Crippen LogP contribution < -0.4 is 4.90 Å². The number of amides is 1. The number of anilines is 1. The summed E-state index contributed by atoms with van der Waals surface area (Å²) in [6.45, 7) is 2.11. The van der Waals surface area contributed by atoms with E-state index >= 15 is 0 Å². The average Bonchev–Trinajstić information content (AvgIpc) is 2.57. The standard InChI is InChI=1S/C15H13ClF2N4O/c16-12-7-10(8-20-14(12)18)15(23)22-5-3-21(4-6-22)13-2-1-11(17)9-19-13/h1-2,7-9H,3-6H2. The summed E-state index contributed by atoms with van der Waals surface area (Å²) in [6.07, 6.45) is 2.34. The van der Waals surface area contributed by atoms with Gasteiger partial charge in [0.2, 0.25) is 5.95 Å². The molecule has 3 rings (SSSR count). The number of hydrogen-bond donors (Lipinski definition) is 0. The lowest BCUT2D eigenvalue weighted by atomic mass is 10.2. The van der Waals surface area contributed by atoms with Gasteiger partial charge >= 0.3 is 0 Å². The zero-order valence-electron chi connectivity index (χ0n) is 12.0. The van der Waals surface area contributed by atoms with Crippen LogP contribution in [0.3, 0.4) is 0 Å². The highest BCUT2D eigenvalue weighted by atomic mass is 35.5. The second-order valence-electron chi connectivity index (χ2n) is 5.11. The first-order valence-corrected chi connectivity index (χ1v) is 7.39. The van der Waals surface area contributed by atoms with Gasteiger partial charge in [0.25, 0.3) is 5.91 Å². The fourth-order valence-electron chi connectivity index (χ4n) is 2.41. The van der Waals surface area contributed by atoms with Gasteiger partial charge in [-0.2, -0.15) is 4.39 Å². The van der Waals surface area contributed by atoms with Gasteiger partial charge in [0, 0.05) is 32.4 Å². The number of carbonyl (C=O) groups is 1. The van der Waals surface area contributed by atoms with Crippen LogP contribution in [-0.2, 0) is 0 Å². The van der Waals surface area contributed by atoms with Crippen LogP contribution in [0.25, 0.3) is 0 Å². The van der Waals surface area contributed by atoms with E-state index in [1.54, 1.807) is 11.0 Å². The Kier molecular flexibility index (Phi) is 4.38. The minimum atomic E-state index is -0.796. The molecule has 2 aromatic rings. The molecular formula is C15H13ClF2N4O. The molecular weight excluding hydrogens is 326 g/mol. The summed E-state index contributed by atoms with van der Waals surface area (Å²) in [5.41, 5.74) is 0.254. The third-order valence-electron chi connectivity index (χ3n) is 3.65. The van der Waals surface area contributed by atoms with Crippen molar-refractivity contribution in [3.63, 3.8) is 0 Å². The summed E-state index contributed by atoms with van der Waals surface area (Å²) < 4.78 is 26.0. The van der Waals surface area contributed by atoms with E-state index in [0.29, 0.717) is 32.0 Å². The minimum Gasteiger partial charge on any atom is -0.353 e. The number of halogens is 3. The molecule has 5 nitrogen and oxygen atoms in total. The van der Waals surface area contributed by atoms with Crippen LogP contribution in [0, 0.1) is 11.8 Å². The van der Waals surface area contributed by atoms with E-state index in [1.807, 2.05) is 4.90 Å². The van der Waals surface area contributed by atoms with Crippen LogP contribution in [0.1, 0.15) is 10.4 Å². The largest absolute Gasteiger partial charge is 0.353 e. The number of nitrogens with zero attached hydrogens (tertiary/aromatic N) is 4. The molecule has 0 aliphatic carbocycles. The van der Waals surface area contributed by atoms with Gasteiger partial charge in [-0.15, -0.1) is 0 Å². The van der Waals surface area contributed by atoms with Crippen molar-refractivity contribution in [1.29, 1.82) is 0 Å². The van der Waals surface area contributed by atoms with Crippen LogP contribution in [0.15, 0.2) is 30.6 Å². The molecule has 0 aromatic carbocycles. The fourth-order valence-corrected chi connectivity index (χ4v) is 2.58. The molecule has 0 saturated carbocycles. The Morgan fingerprint density at radius 2 is 1.83 bits per heavy atom. The SMILES string of the molecule is O=C(c1cnc(F)c(Cl)c1)N1CCN(c2ccc(F)cn2)CC1. The Balaban J connectivity index is 1.65. The molecule has 2 aromatic heterocycles. The smallest absolute Gasteiger partial charge is 0.255 e. The molecule has 1 amide bonds. The van der Waals surface area contributed by atoms with Gasteiger partial charge in [-0.3, -0.25) is 4.79 Å². The number of carbonyl (C=O) groups excluding carboxylic acids is 1. The topological polar surface area (TPSA) is 49.3 Å². The van der Waals surface area contributed by atoms with E-state index in [-0.39, 0.29) is 22.3 Å². The molecule has 120 valence electrons. The third kappa shape index (κ3) is 3.39. The molecule has 0 radical (unpaired) electrons. The first kappa shape index (κ1) is 15.6. The summed E-state index contributed by atoms with van der Waals surface area (Å²) in [4.78, 5) is 23.5. The molecule has 1 saturated heterocycles. The maximum Gasteiger partial charge on any atom is 0.255 e. The van der Waals surface area contributed by atoms with Gasteiger partial charge in [0.05, 0.1) is 16.8 Å². The van der Waals surface area contributed by atoms with E-state index < -0.39 is 5.95 Å². The summed E-state index contributed by atoms with van der Waals surface area (Å²) in [7, 11) is 0. The molecule has 0 spiro atoms. The zero-order chi connectivity index (χ0) is 16.4.